The van der Waals surface area contributed by atoms with Crippen molar-refractivity contribution in [3.05, 3.63) is 66.0 Å². The summed E-state index contributed by atoms with van der Waals surface area (Å²) in [5.41, 5.74) is 1.53. The van der Waals surface area contributed by atoms with Gasteiger partial charge in [-0.3, -0.25) is 9.36 Å². The maximum atomic E-state index is 12.6. The van der Waals surface area contributed by atoms with Gasteiger partial charge in [-0.25, -0.2) is 0 Å². The lowest BCUT2D eigenvalue weighted by Gasteiger charge is -2.09. The second-order valence-electron chi connectivity index (χ2n) is 5.73. The summed E-state index contributed by atoms with van der Waals surface area (Å²) in [7, 11) is 0. The Labute approximate surface area is 157 Å². The highest BCUT2D eigenvalue weighted by Crippen LogP contribution is 2.30. The molecule has 0 saturated heterocycles. The molecular formula is C18H15F3N4OS. The summed E-state index contributed by atoms with van der Waals surface area (Å²) >= 11 is 1.18. The van der Waals surface area contributed by atoms with E-state index in [-0.39, 0.29) is 11.7 Å². The van der Waals surface area contributed by atoms with Gasteiger partial charge in [-0.2, -0.15) is 13.2 Å². The van der Waals surface area contributed by atoms with E-state index in [1.807, 2.05) is 31.2 Å². The van der Waals surface area contributed by atoms with Gasteiger partial charge in [-0.05, 0) is 43.3 Å². The number of thioether (sulfide) groups is 1. The Bertz CT molecular complexity index is 921. The Morgan fingerprint density at radius 3 is 2.41 bits per heavy atom. The molecule has 1 aromatic heterocycles. The fourth-order valence-corrected chi connectivity index (χ4v) is 3.00. The first-order chi connectivity index (χ1) is 12.8. The van der Waals surface area contributed by atoms with Crippen molar-refractivity contribution in [3.8, 4) is 5.69 Å². The highest BCUT2D eigenvalue weighted by atomic mass is 32.2. The topological polar surface area (TPSA) is 59.8 Å². The van der Waals surface area contributed by atoms with Gasteiger partial charge in [0.25, 0.3) is 0 Å². The van der Waals surface area contributed by atoms with Crippen LogP contribution in [0.1, 0.15) is 11.1 Å². The van der Waals surface area contributed by atoms with Crippen LogP contribution in [0, 0.1) is 6.92 Å². The number of nitrogens with one attached hydrogen (secondary N) is 1. The largest absolute Gasteiger partial charge is 0.416 e. The van der Waals surface area contributed by atoms with E-state index in [4.69, 9.17) is 0 Å². The van der Waals surface area contributed by atoms with Crippen molar-refractivity contribution in [2.45, 2.75) is 18.3 Å². The molecule has 27 heavy (non-hydrogen) atoms. The number of hydrogen-bond donors (Lipinski definition) is 1. The summed E-state index contributed by atoms with van der Waals surface area (Å²) in [6.07, 6.45) is -2.85. The molecular weight excluding hydrogens is 377 g/mol. The summed E-state index contributed by atoms with van der Waals surface area (Å²) in [5.74, 6) is -0.302. The van der Waals surface area contributed by atoms with E-state index in [9.17, 15) is 18.0 Å². The van der Waals surface area contributed by atoms with Crippen LogP contribution in [0.25, 0.3) is 5.69 Å². The Kier molecular flexibility index (Phi) is 5.50. The molecule has 0 bridgehead atoms. The van der Waals surface area contributed by atoms with Crippen LogP contribution in [-0.4, -0.2) is 26.4 Å². The predicted octanol–water partition coefficient (Wildman–Crippen LogP) is 4.33. The number of halogens is 3. The van der Waals surface area contributed by atoms with E-state index in [0.29, 0.717) is 10.8 Å². The molecule has 3 rings (SSSR count). The standard InChI is InChI=1S/C18H15F3N4OS/c1-12-2-8-15(9-3-12)25-11-22-24-17(25)27-10-16(26)23-14-6-4-13(5-7-14)18(19,20)21/h2-9,11H,10H2,1H3,(H,23,26). The molecule has 0 radical (unpaired) electrons. The fourth-order valence-electron chi connectivity index (χ4n) is 2.28. The van der Waals surface area contributed by atoms with Crippen LogP contribution < -0.4 is 5.32 Å². The maximum absolute atomic E-state index is 12.6. The zero-order valence-electron chi connectivity index (χ0n) is 14.2. The first-order valence-electron chi connectivity index (χ1n) is 7.90. The second-order valence-corrected chi connectivity index (χ2v) is 6.67. The predicted molar refractivity (Wildman–Crippen MR) is 96.9 cm³/mol. The average molecular weight is 392 g/mol. The molecule has 0 aliphatic rings. The first kappa shape index (κ1) is 19.0. The molecule has 1 amide bonds. The van der Waals surface area contributed by atoms with Crippen molar-refractivity contribution in [3.63, 3.8) is 0 Å². The smallest absolute Gasteiger partial charge is 0.325 e. The molecule has 0 aliphatic carbocycles. The number of benzene rings is 2. The number of aromatic nitrogens is 3. The van der Waals surface area contributed by atoms with Crippen LogP contribution >= 0.6 is 11.8 Å². The van der Waals surface area contributed by atoms with Gasteiger partial charge >= 0.3 is 6.18 Å². The molecule has 0 atom stereocenters. The normalized spacial score (nSPS) is 11.4. The molecule has 1 N–H and O–H groups in total. The average Bonchev–Trinajstić information content (AvgIpc) is 3.09. The number of carbonyl (C=O) groups excluding carboxylic acids is 1. The molecule has 140 valence electrons. The van der Waals surface area contributed by atoms with Gasteiger partial charge in [0, 0.05) is 11.4 Å². The Hall–Kier alpha value is -2.81. The van der Waals surface area contributed by atoms with Crippen LogP contribution in [-0.2, 0) is 11.0 Å². The minimum absolute atomic E-state index is 0.0472. The van der Waals surface area contributed by atoms with Crippen LogP contribution in [0.15, 0.2) is 60.0 Å². The summed E-state index contributed by atoms with van der Waals surface area (Å²) in [5, 5.41) is 11.0. The fraction of sp³-hybridized carbons (Fsp3) is 0.167. The summed E-state index contributed by atoms with van der Waals surface area (Å²) in [6, 6.07) is 12.1. The van der Waals surface area contributed by atoms with Crippen LogP contribution in [0.5, 0.6) is 0 Å². The van der Waals surface area contributed by atoms with Crippen molar-refractivity contribution in [1.82, 2.24) is 14.8 Å². The van der Waals surface area contributed by atoms with Crippen LogP contribution in [0.3, 0.4) is 0 Å². The van der Waals surface area contributed by atoms with Crippen molar-refractivity contribution in [1.29, 1.82) is 0 Å². The summed E-state index contributed by atoms with van der Waals surface area (Å²) < 4.78 is 39.4. The van der Waals surface area contributed by atoms with Crippen molar-refractivity contribution in [2.24, 2.45) is 0 Å². The lowest BCUT2D eigenvalue weighted by Crippen LogP contribution is -2.15. The SMILES string of the molecule is Cc1ccc(-n2cnnc2SCC(=O)Nc2ccc(C(F)(F)F)cc2)cc1. The third-order valence-electron chi connectivity index (χ3n) is 3.66. The summed E-state index contributed by atoms with van der Waals surface area (Å²) in [6.45, 7) is 1.98. The Balaban J connectivity index is 1.60. The number of nitrogens with zero attached hydrogens (tertiary/aromatic N) is 3. The number of carbonyl (C=O) groups is 1. The molecule has 0 aliphatic heterocycles. The third kappa shape index (κ3) is 4.88. The van der Waals surface area contributed by atoms with E-state index in [2.05, 4.69) is 15.5 Å². The van der Waals surface area contributed by atoms with E-state index in [1.54, 1.807) is 10.9 Å². The van der Waals surface area contributed by atoms with Crippen LogP contribution in [0.4, 0.5) is 18.9 Å². The number of rotatable bonds is 5. The van der Waals surface area contributed by atoms with Crippen molar-refractivity contribution < 1.29 is 18.0 Å². The minimum Gasteiger partial charge on any atom is -0.325 e. The third-order valence-corrected chi connectivity index (χ3v) is 4.60. The van der Waals surface area contributed by atoms with Gasteiger partial charge < -0.3 is 5.32 Å². The minimum atomic E-state index is -4.40. The van der Waals surface area contributed by atoms with E-state index in [1.165, 1.54) is 23.9 Å². The number of anilines is 1. The van der Waals surface area contributed by atoms with Gasteiger partial charge in [0.15, 0.2) is 5.16 Å². The molecule has 5 nitrogen and oxygen atoms in total. The van der Waals surface area contributed by atoms with Gasteiger partial charge in [-0.1, -0.05) is 29.5 Å². The molecule has 1 heterocycles. The maximum Gasteiger partial charge on any atom is 0.416 e. The highest BCUT2D eigenvalue weighted by molar-refractivity contribution is 7.99. The second kappa shape index (κ2) is 7.83. The van der Waals surface area contributed by atoms with Gasteiger partial charge in [0.05, 0.1) is 11.3 Å². The zero-order valence-corrected chi connectivity index (χ0v) is 15.0. The van der Waals surface area contributed by atoms with E-state index in [0.717, 1.165) is 23.4 Å². The molecule has 0 spiro atoms. The van der Waals surface area contributed by atoms with E-state index < -0.39 is 11.7 Å². The molecule has 0 saturated carbocycles. The zero-order chi connectivity index (χ0) is 19.4. The molecule has 0 unspecified atom stereocenters. The lowest BCUT2D eigenvalue weighted by molar-refractivity contribution is -0.137. The molecule has 2 aromatic carbocycles. The molecule has 0 fully saturated rings. The van der Waals surface area contributed by atoms with Gasteiger partial charge in [0.2, 0.25) is 5.91 Å². The number of alkyl halides is 3. The molecule has 3 aromatic rings. The van der Waals surface area contributed by atoms with Crippen molar-refractivity contribution in [2.75, 3.05) is 11.1 Å². The Morgan fingerprint density at radius 2 is 1.78 bits per heavy atom. The number of amides is 1. The molecule has 9 heteroatoms. The first-order valence-corrected chi connectivity index (χ1v) is 8.88. The quantitative estimate of drug-likeness (QED) is 0.657. The summed E-state index contributed by atoms with van der Waals surface area (Å²) in [4.78, 5) is 12.1. The van der Waals surface area contributed by atoms with Crippen molar-refractivity contribution >= 4 is 23.4 Å². The Morgan fingerprint density at radius 1 is 1.11 bits per heavy atom. The van der Waals surface area contributed by atoms with Crippen LogP contribution in [0.2, 0.25) is 0 Å². The van der Waals surface area contributed by atoms with Gasteiger partial charge in [0.1, 0.15) is 6.33 Å². The van der Waals surface area contributed by atoms with Gasteiger partial charge in [-0.15, -0.1) is 10.2 Å². The lowest BCUT2D eigenvalue weighted by atomic mass is 10.2. The van der Waals surface area contributed by atoms with E-state index >= 15 is 0 Å². The monoisotopic (exact) mass is 392 g/mol. The number of hydrogen-bond acceptors (Lipinski definition) is 4. The highest BCUT2D eigenvalue weighted by Gasteiger charge is 2.29. The number of aryl methyl sites for hydroxylation is 1.